The monoisotopic (exact) mass is 79.0 g/mol. The summed E-state index contributed by atoms with van der Waals surface area (Å²) in [5.41, 5.74) is 1.09. The van der Waals surface area contributed by atoms with Crippen LogP contribution in [0.3, 0.4) is 0 Å². The Labute approximate surface area is 36.9 Å². The molecule has 1 rings (SSSR count). The first-order valence-corrected chi connectivity index (χ1v) is 1.92. The highest BCUT2D eigenvalue weighted by atomic mass is 14.4. The SMILES string of the molecule is C=C1C[C@@H]1C#N. The number of nitriles is 1. The van der Waals surface area contributed by atoms with Crippen LogP contribution in [-0.4, -0.2) is 0 Å². The molecule has 0 saturated heterocycles. The highest BCUT2D eigenvalue weighted by molar-refractivity contribution is 5.26. The minimum atomic E-state index is 0.213. The van der Waals surface area contributed by atoms with Gasteiger partial charge in [-0.25, -0.2) is 0 Å². The van der Waals surface area contributed by atoms with Gasteiger partial charge in [-0.3, -0.25) is 0 Å². The van der Waals surface area contributed by atoms with Gasteiger partial charge < -0.3 is 0 Å². The van der Waals surface area contributed by atoms with Gasteiger partial charge in [0, 0.05) is 0 Å². The van der Waals surface area contributed by atoms with E-state index in [2.05, 4.69) is 12.6 Å². The van der Waals surface area contributed by atoms with Gasteiger partial charge in [0.2, 0.25) is 0 Å². The minimum absolute atomic E-state index is 0.213. The van der Waals surface area contributed by atoms with Crippen LogP contribution in [0.25, 0.3) is 0 Å². The third kappa shape index (κ3) is 0.307. The Bertz CT molecular complexity index is 118. The molecule has 0 radical (unpaired) electrons. The Morgan fingerprint density at radius 1 is 2.00 bits per heavy atom. The van der Waals surface area contributed by atoms with Crippen molar-refractivity contribution in [2.75, 3.05) is 0 Å². The smallest absolute Gasteiger partial charge is 0.0708 e. The van der Waals surface area contributed by atoms with Gasteiger partial charge in [-0.2, -0.15) is 5.26 Å². The van der Waals surface area contributed by atoms with E-state index in [9.17, 15) is 0 Å². The van der Waals surface area contributed by atoms with Crippen LogP contribution in [0.15, 0.2) is 12.2 Å². The zero-order chi connectivity index (χ0) is 4.57. The molecule has 1 heteroatoms. The molecule has 0 aromatic carbocycles. The molecule has 0 spiro atoms. The van der Waals surface area contributed by atoms with E-state index in [-0.39, 0.29) is 5.92 Å². The van der Waals surface area contributed by atoms with E-state index in [0.29, 0.717) is 0 Å². The summed E-state index contributed by atoms with van der Waals surface area (Å²) in [7, 11) is 0. The van der Waals surface area contributed by atoms with E-state index in [4.69, 9.17) is 5.26 Å². The highest BCUT2D eigenvalue weighted by Gasteiger charge is 2.26. The summed E-state index contributed by atoms with van der Waals surface area (Å²) >= 11 is 0. The average Bonchev–Trinajstić information content (AvgIpc) is 2.19. The first kappa shape index (κ1) is 3.42. The lowest BCUT2D eigenvalue weighted by Crippen LogP contribution is -1.55. The van der Waals surface area contributed by atoms with E-state index in [1.165, 1.54) is 0 Å². The van der Waals surface area contributed by atoms with Crippen LogP contribution < -0.4 is 0 Å². The van der Waals surface area contributed by atoms with Crippen LogP contribution in [0.2, 0.25) is 0 Å². The largest absolute Gasteiger partial charge is 0.198 e. The maximum absolute atomic E-state index is 8.07. The Kier molecular flexibility index (Phi) is 0.481. The lowest BCUT2D eigenvalue weighted by molar-refractivity contribution is 1.17. The molecular formula is C5H5N. The topological polar surface area (TPSA) is 23.8 Å². The summed E-state index contributed by atoms with van der Waals surface area (Å²) in [6.07, 6.45) is 0.941. The molecule has 0 aliphatic heterocycles. The summed E-state index contributed by atoms with van der Waals surface area (Å²) < 4.78 is 0. The predicted octanol–water partition coefficient (Wildman–Crippen LogP) is 1.09. The highest BCUT2D eigenvalue weighted by Crippen LogP contribution is 2.34. The molecule has 1 nitrogen and oxygen atoms in total. The van der Waals surface area contributed by atoms with E-state index < -0.39 is 0 Å². The molecule has 0 bridgehead atoms. The number of rotatable bonds is 0. The van der Waals surface area contributed by atoms with Crippen LogP contribution in [0.5, 0.6) is 0 Å². The van der Waals surface area contributed by atoms with Gasteiger partial charge in [0.05, 0.1) is 12.0 Å². The van der Waals surface area contributed by atoms with Crippen molar-refractivity contribution in [2.45, 2.75) is 6.42 Å². The summed E-state index contributed by atoms with van der Waals surface area (Å²) in [6, 6.07) is 2.09. The minimum Gasteiger partial charge on any atom is -0.198 e. The molecule has 0 N–H and O–H groups in total. The number of nitrogens with zero attached hydrogens (tertiary/aromatic N) is 1. The Hall–Kier alpha value is -0.770. The number of hydrogen-bond donors (Lipinski definition) is 0. The maximum Gasteiger partial charge on any atom is 0.0708 e. The lowest BCUT2D eigenvalue weighted by atomic mass is 10.5. The normalized spacial score (nSPS) is 29.2. The van der Waals surface area contributed by atoms with Crippen LogP contribution in [0, 0.1) is 17.2 Å². The molecule has 1 aliphatic rings. The summed E-state index contributed by atoms with van der Waals surface area (Å²) in [5.74, 6) is 0.213. The van der Waals surface area contributed by atoms with Crippen molar-refractivity contribution in [1.29, 1.82) is 5.26 Å². The van der Waals surface area contributed by atoms with Crippen molar-refractivity contribution in [3.05, 3.63) is 12.2 Å². The van der Waals surface area contributed by atoms with E-state index in [1.54, 1.807) is 0 Å². The second-order valence-corrected chi connectivity index (χ2v) is 1.54. The van der Waals surface area contributed by atoms with Crippen LogP contribution in [-0.2, 0) is 0 Å². The molecule has 6 heavy (non-hydrogen) atoms. The Morgan fingerprint density at radius 2 is 2.50 bits per heavy atom. The van der Waals surface area contributed by atoms with Crippen molar-refractivity contribution in [2.24, 2.45) is 5.92 Å². The first-order valence-electron chi connectivity index (χ1n) is 1.92. The molecule has 1 aliphatic carbocycles. The molecule has 0 aromatic rings. The molecule has 1 fully saturated rings. The fourth-order valence-electron chi connectivity index (χ4n) is 0.340. The molecule has 0 unspecified atom stereocenters. The third-order valence-corrected chi connectivity index (χ3v) is 0.955. The van der Waals surface area contributed by atoms with Gasteiger partial charge in [-0.1, -0.05) is 12.2 Å². The van der Waals surface area contributed by atoms with E-state index >= 15 is 0 Å². The zero-order valence-electron chi connectivity index (χ0n) is 3.44. The molecular weight excluding hydrogens is 74.1 g/mol. The fourth-order valence-corrected chi connectivity index (χ4v) is 0.340. The quantitative estimate of drug-likeness (QED) is 0.399. The molecule has 0 amide bonds. The van der Waals surface area contributed by atoms with Crippen molar-refractivity contribution in [3.8, 4) is 6.07 Å². The zero-order valence-corrected chi connectivity index (χ0v) is 3.44. The second kappa shape index (κ2) is 0.844. The molecule has 0 aromatic heterocycles. The summed E-state index contributed by atoms with van der Waals surface area (Å²) in [4.78, 5) is 0. The van der Waals surface area contributed by atoms with Gasteiger partial charge in [-0.05, 0) is 6.42 Å². The maximum atomic E-state index is 8.07. The van der Waals surface area contributed by atoms with Crippen LogP contribution in [0.1, 0.15) is 6.42 Å². The van der Waals surface area contributed by atoms with Gasteiger partial charge in [0.15, 0.2) is 0 Å². The van der Waals surface area contributed by atoms with Crippen molar-refractivity contribution in [1.82, 2.24) is 0 Å². The third-order valence-electron chi connectivity index (χ3n) is 0.955. The summed E-state index contributed by atoms with van der Waals surface area (Å²) in [6.45, 7) is 3.60. The van der Waals surface area contributed by atoms with Gasteiger partial charge in [0.1, 0.15) is 0 Å². The summed E-state index contributed by atoms with van der Waals surface area (Å²) in [5, 5.41) is 8.07. The van der Waals surface area contributed by atoms with Gasteiger partial charge in [-0.15, -0.1) is 0 Å². The Morgan fingerprint density at radius 3 is 2.50 bits per heavy atom. The standard InChI is InChI=1S/C5H5N/c1-4-2-5(4)3-6/h5H,1-2H2/t5-/m1/s1. The Balaban J connectivity index is 2.51. The molecule has 0 heterocycles. The van der Waals surface area contributed by atoms with E-state index in [1.807, 2.05) is 0 Å². The average molecular weight is 79.1 g/mol. The molecule has 30 valence electrons. The van der Waals surface area contributed by atoms with Gasteiger partial charge >= 0.3 is 0 Å². The van der Waals surface area contributed by atoms with Crippen LogP contribution in [0.4, 0.5) is 0 Å². The molecule has 1 saturated carbocycles. The van der Waals surface area contributed by atoms with Crippen molar-refractivity contribution < 1.29 is 0 Å². The van der Waals surface area contributed by atoms with Gasteiger partial charge in [0.25, 0.3) is 0 Å². The lowest BCUT2D eigenvalue weighted by Gasteiger charge is -1.55. The fraction of sp³-hybridized carbons (Fsp3) is 0.400. The molecule has 1 atom stereocenters. The number of allylic oxidation sites excluding steroid dienone is 1. The predicted molar refractivity (Wildman–Crippen MR) is 22.9 cm³/mol. The number of hydrogen-bond acceptors (Lipinski definition) is 1. The first-order chi connectivity index (χ1) is 2.84. The van der Waals surface area contributed by atoms with Crippen LogP contribution >= 0.6 is 0 Å². The van der Waals surface area contributed by atoms with Crippen molar-refractivity contribution in [3.63, 3.8) is 0 Å². The van der Waals surface area contributed by atoms with E-state index in [0.717, 1.165) is 12.0 Å². The second-order valence-electron chi connectivity index (χ2n) is 1.54. The van der Waals surface area contributed by atoms with Crippen molar-refractivity contribution >= 4 is 0 Å².